The molecule has 1 aliphatic rings. The Hall–Kier alpha value is -1.30. The fourth-order valence-corrected chi connectivity index (χ4v) is 3.36. The molecule has 0 bridgehead atoms. The fourth-order valence-electron chi connectivity index (χ4n) is 3.14. The van der Waals surface area contributed by atoms with E-state index in [1.807, 2.05) is 18.2 Å². The second-order valence-electron chi connectivity index (χ2n) is 6.73. The molecule has 0 aromatic heterocycles. The zero-order valence-corrected chi connectivity index (χ0v) is 17.1. The van der Waals surface area contributed by atoms with Crippen molar-refractivity contribution in [3.8, 4) is 0 Å². The van der Waals surface area contributed by atoms with Crippen molar-refractivity contribution in [2.45, 2.75) is 33.2 Å². The molecule has 2 N–H and O–H groups in total. The van der Waals surface area contributed by atoms with Crippen LogP contribution in [0.4, 0.5) is 0 Å². The average Bonchev–Trinajstić information content (AvgIpc) is 2.66. The molecule has 1 fully saturated rings. The molecule has 0 radical (unpaired) electrons. The van der Waals surface area contributed by atoms with Crippen LogP contribution in [-0.4, -0.2) is 68.1 Å². The maximum atomic E-state index is 6.03. The molecule has 0 unspecified atom stereocenters. The van der Waals surface area contributed by atoms with Crippen LogP contribution in [-0.2, 0) is 6.54 Å². The summed E-state index contributed by atoms with van der Waals surface area (Å²) in [4.78, 5) is 9.76. The number of halogens is 1. The van der Waals surface area contributed by atoms with E-state index in [9.17, 15) is 0 Å². The van der Waals surface area contributed by atoms with Crippen molar-refractivity contribution in [2.24, 2.45) is 4.99 Å². The second kappa shape index (κ2) is 12.2. The minimum absolute atomic E-state index is 0.637. The molecule has 1 heterocycles. The molecule has 1 aromatic carbocycles. The van der Waals surface area contributed by atoms with Gasteiger partial charge < -0.3 is 20.4 Å². The highest BCUT2D eigenvalue weighted by molar-refractivity contribution is 6.30. The largest absolute Gasteiger partial charge is 0.357 e. The van der Waals surface area contributed by atoms with E-state index in [2.05, 4.69) is 45.3 Å². The number of likely N-dealkylation sites (N-methyl/N-ethyl adjacent to an activating group) is 1. The van der Waals surface area contributed by atoms with Gasteiger partial charge in [0, 0.05) is 44.3 Å². The lowest BCUT2D eigenvalue weighted by Gasteiger charge is -2.34. The highest BCUT2D eigenvalue weighted by atomic mass is 35.5. The number of nitrogens with zero attached hydrogens (tertiary/aromatic N) is 3. The van der Waals surface area contributed by atoms with E-state index >= 15 is 0 Å². The molecule has 5 nitrogen and oxygen atoms in total. The molecule has 146 valence electrons. The molecular formula is C20H34ClN5. The summed E-state index contributed by atoms with van der Waals surface area (Å²) in [6, 6.07) is 7.87. The van der Waals surface area contributed by atoms with Crippen molar-refractivity contribution >= 4 is 17.6 Å². The third-order valence-electron chi connectivity index (χ3n) is 4.76. The molecular weight excluding hydrogens is 346 g/mol. The maximum Gasteiger partial charge on any atom is 0.191 e. The Balaban J connectivity index is 1.64. The van der Waals surface area contributed by atoms with Crippen LogP contribution in [0.1, 0.15) is 32.3 Å². The number of hydrogen-bond donors (Lipinski definition) is 2. The summed E-state index contributed by atoms with van der Waals surface area (Å²) < 4.78 is 0. The third-order valence-corrected chi connectivity index (χ3v) is 4.99. The summed E-state index contributed by atoms with van der Waals surface area (Å²) in [7, 11) is 0. The van der Waals surface area contributed by atoms with Gasteiger partial charge in [0.05, 0.1) is 6.54 Å². The minimum Gasteiger partial charge on any atom is -0.357 e. The van der Waals surface area contributed by atoms with E-state index in [1.54, 1.807) is 0 Å². The SMILES string of the molecule is CCNC(=NCc1cccc(Cl)c1)NCCCCN1CCN(CC)CC1. The molecule has 1 saturated heterocycles. The van der Waals surface area contributed by atoms with E-state index in [0.29, 0.717) is 6.54 Å². The Kier molecular flexibility index (Phi) is 9.82. The van der Waals surface area contributed by atoms with Crippen molar-refractivity contribution in [3.63, 3.8) is 0 Å². The van der Waals surface area contributed by atoms with E-state index in [1.165, 1.54) is 45.7 Å². The van der Waals surface area contributed by atoms with Gasteiger partial charge in [-0.05, 0) is 50.6 Å². The van der Waals surface area contributed by atoms with Crippen molar-refractivity contribution in [1.29, 1.82) is 0 Å². The van der Waals surface area contributed by atoms with Crippen LogP contribution in [0.3, 0.4) is 0 Å². The first kappa shape index (κ1) is 21.0. The lowest BCUT2D eigenvalue weighted by molar-refractivity contribution is 0.136. The number of hydrogen-bond acceptors (Lipinski definition) is 3. The van der Waals surface area contributed by atoms with Crippen LogP contribution in [0.2, 0.25) is 5.02 Å². The van der Waals surface area contributed by atoms with Crippen LogP contribution in [0.15, 0.2) is 29.3 Å². The molecule has 0 atom stereocenters. The number of piperazine rings is 1. The van der Waals surface area contributed by atoms with Crippen molar-refractivity contribution < 1.29 is 0 Å². The zero-order chi connectivity index (χ0) is 18.6. The topological polar surface area (TPSA) is 42.9 Å². The molecule has 26 heavy (non-hydrogen) atoms. The number of aliphatic imine (C=N–C) groups is 1. The number of benzene rings is 1. The van der Waals surface area contributed by atoms with Gasteiger partial charge >= 0.3 is 0 Å². The van der Waals surface area contributed by atoms with Gasteiger partial charge in [0.2, 0.25) is 0 Å². The van der Waals surface area contributed by atoms with Crippen LogP contribution >= 0.6 is 11.6 Å². The van der Waals surface area contributed by atoms with Gasteiger partial charge in [-0.15, -0.1) is 0 Å². The Morgan fingerprint density at radius 1 is 1.08 bits per heavy atom. The molecule has 2 rings (SSSR count). The molecule has 0 aliphatic carbocycles. The normalized spacial score (nSPS) is 16.7. The quantitative estimate of drug-likeness (QED) is 0.393. The Morgan fingerprint density at radius 3 is 2.54 bits per heavy atom. The van der Waals surface area contributed by atoms with Gasteiger partial charge in [-0.3, -0.25) is 0 Å². The maximum absolute atomic E-state index is 6.03. The van der Waals surface area contributed by atoms with Crippen LogP contribution < -0.4 is 10.6 Å². The fraction of sp³-hybridized carbons (Fsp3) is 0.650. The first-order valence-electron chi connectivity index (χ1n) is 9.92. The van der Waals surface area contributed by atoms with Gasteiger partial charge in [-0.1, -0.05) is 30.7 Å². The van der Waals surface area contributed by atoms with Crippen molar-refractivity contribution in [2.75, 3.05) is 52.4 Å². The van der Waals surface area contributed by atoms with Gasteiger partial charge in [-0.2, -0.15) is 0 Å². The summed E-state index contributed by atoms with van der Waals surface area (Å²) >= 11 is 6.03. The Bertz CT molecular complexity index is 541. The molecule has 1 aromatic rings. The lowest BCUT2D eigenvalue weighted by Crippen LogP contribution is -2.46. The minimum atomic E-state index is 0.637. The average molecular weight is 380 g/mol. The summed E-state index contributed by atoms with van der Waals surface area (Å²) in [6.07, 6.45) is 2.39. The van der Waals surface area contributed by atoms with Crippen LogP contribution in [0, 0.1) is 0 Å². The van der Waals surface area contributed by atoms with Crippen molar-refractivity contribution in [3.05, 3.63) is 34.9 Å². The lowest BCUT2D eigenvalue weighted by atomic mass is 10.2. The van der Waals surface area contributed by atoms with E-state index < -0.39 is 0 Å². The van der Waals surface area contributed by atoms with Crippen molar-refractivity contribution in [1.82, 2.24) is 20.4 Å². The van der Waals surface area contributed by atoms with Crippen LogP contribution in [0.5, 0.6) is 0 Å². The molecule has 0 saturated carbocycles. The monoisotopic (exact) mass is 379 g/mol. The Morgan fingerprint density at radius 2 is 1.85 bits per heavy atom. The van der Waals surface area contributed by atoms with Gasteiger partial charge in [0.25, 0.3) is 0 Å². The first-order chi connectivity index (χ1) is 12.7. The molecule has 0 amide bonds. The Labute approximate surface area is 163 Å². The highest BCUT2D eigenvalue weighted by Crippen LogP contribution is 2.11. The van der Waals surface area contributed by atoms with Gasteiger partial charge in [0.15, 0.2) is 5.96 Å². The van der Waals surface area contributed by atoms with Gasteiger partial charge in [0.1, 0.15) is 0 Å². The molecule has 0 spiro atoms. The smallest absolute Gasteiger partial charge is 0.191 e. The number of nitrogens with one attached hydrogen (secondary N) is 2. The van der Waals surface area contributed by atoms with Crippen LogP contribution in [0.25, 0.3) is 0 Å². The molecule has 6 heteroatoms. The second-order valence-corrected chi connectivity index (χ2v) is 7.17. The predicted molar refractivity (Wildman–Crippen MR) is 112 cm³/mol. The standard InChI is InChI=1S/C20H34ClN5/c1-3-22-20(24-17-18-8-7-9-19(21)16-18)23-10-5-6-11-26-14-12-25(4-2)13-15-26/h7-9,16H,3-6,10-15,17H2,1-2H3,(H2,22,23,24). The van der Waals surface area contributed by atoms with Gasteiger partial charge in [-0.25, -0.2) is 4.99 Å². The number of guanidine groups is 1. The van der Waals surface area contributed by atoms with E-state index in [0.717, 1.165) is 36.1 Å². The summed E-state index contributed by atoms with van der Waals surface area (Å²) in [5.74, 6) is 0.879. The summed E-state index contributed by atoms with van der Waals surface area (Å²) in [5, 5.41) is 7.51. The molecule has 1 aliphatic heterocycles. The number of rotatable bonds is 9. The zero-order valence-electron chi connectivity index (χ0n) is 16.3. The predicted octanol–water partition coefficient (Wildman–Crippen LogP) is 2.81. The summed E-state index contributed by atoms with van der Waals surface area (Å²) in [6.45, 7) is 14.0. The summed E-state index contributed by atoms with van der Waals surface area (Å²) in [5.41, 5.74) is 1.13. The number of unbranched alkanes of at least 4 members (excludes halogenated alkanes) is 1. The highest BCUT2D eigenvalue weighted by Gasteiger charge is 2.14. The first-order valence-corrected chi connectivity index (χ1v) is 10.3. The third kappa shape index (κ3) is 7.94. The van der Waals surface area contributed by atoms with E-state index in [4.69, 9.17) is 11.6 Å². The van der Waals surface area contributed by atoms with E-state index in [-0.39, 0.29) is 0 Å².